The van der Waals surface area contributed by atoms with E-state index in [4.69, 9.17) is 14.6 Å². The number of urea groups is 1. The zero-order chi connectivity index (χ0) is 16.3. The molecule has 8 heteroatoms. The molecule has 2 unspecified atom stereocenters. The number of nitrogens with zero attached hydrogens (tertiary/aromatic N) is 1. The molecule has 0 aliphatic heterocycles. The third-order valence-electron chi connectivity index (χ3n) is 2.94. The zero-order valence-electron chi connectivity index (χ0n) is 13.1. The molecule has 0 aromatic carbocycles. The summed E-state index contributed by atoms with van der Waals surface area (Å²) in [5.41, 5.74) is 0. The van der Waals surface area contributed by atoms with E-state index in [1.807, 2.05) is 13.2 Å². The summed E-state index contributed by atoms with van der Waals surface area (Å²) in [4.78, 5) is 25.0. The quantitative estimate of drug-likeness (QED) is 0.587. The number of methoxy groups -OCH3 is 2. The highest BCUT2D eigenvalue weighted by Crippen LogP contribution is 2.05. The first kappa shape index (κ1) is 20.0. The monoisotopic (exact) mass is 322 g/mol. The lowest BCUT2D eigenvalue weighted by Gasteiger charge is -2.30. The second-order valence-electron chi connectivity index (χ2n) is 4.61. The van der Waals surface area contributed by atoms with Crippen molar-refractivity contribution in [2.75, 3.05) is 46.0 Å². The number of thioether (sulfide) groups is 1. The highest BCUT2D eigenvalue weighted by molar-refractivity contribution is 7.98. The number of carboxylic acids is 1. The van der Waals surface area contributed by atoms with Gasteiger partial charge in [-0.05, 0) is 25.4 Å². The van der Waals surface area contributed by atoms with Gasteiger partial charge < -0.3 is 24.8 Å². The minimum Gasteiger partial charge on any atom is -0.480 e. The molecule has 0 rings (SSSR count). The topological polar surface area (TPSA) is 88.1 Å². The third kappa shape index (κ3) is 8.13. The summed E-state index contributed by atoms with van der Waals surface area (Å²) in [7, 11) is 3.11. The van der Waals surface area contributed by atoms with Crippen molar-refractivity contribution in [3.05, 3.63) is 0 Å². The Morgan fingerprint density at radius 1 is 1.33 bits per heavy atom. The number of nitrogens with one attached hydrogen (secondary N) is 1. The van der Waals surface area contributed by atoms with Gasteiger partial charge in [-0.25, -0.2) is 9.59 Å². The average molecular weight is 322 g/mol. The SMILES string of the molecule is COCCN(C(=O)NC(CCSC)C(=O)O)C(C)COC. The fourth-order valence-electron chi connectivity index (χ4n) is 1.77. The number of hydrogen-bond acceptors (Lipinski definition) is 5. The van der Waals surface area contributed by atoms with Crippen LogP contribution in [-0.4, -0.2) is 80.1 Å². The third-order valence-corrected chi connectivity index (χ3v) is 3.59. The van der Waals surface area contributed by atoms with Crippen molar-refractivity contribution in [2.24, 2.45) is 0 Å². The van der Waals surface area contributed by atoms with Gasteiger partial charge in [0.25, 0.3) is 0 Å². The van der Waals surface area contributed by atoms with Crippen LogP contribution in [0.5, 0.6) is 0 Å². The van der Waals surface area contributed by atoms with Crippen LogP contribution in [0, 0.1) is 0 Å². The van der Waals surface area contributed by atoms with Gasteiger partial charge in [0, 0.05) is 20.8 Å². The first-order chi connectivity index (χ1) is 9.97. The molecule has 0 aromatic rings. The maximum absolute atomic E-state index is 12.3. The van der Waals surface area contributed by atoms with Crippen molar-refractivity contribution in [2.45, 2.75) is 25.4 Å². The van der Waals surface area contributed by atoms with Crippen LogP contribution in [0.2, 0.25) is 0 Å². The van der Waals surface area contributed by atoms with E-state index in [2.05, 4.69) is 5.32 Å². The molecule has 21 heavy (non-hydrogen) atoms. The molecule has 124 valence electrons. The number of aliphatic carboxylic acids is 1. The molecular formula is C13H26N2O5S. The van der Waals surface area contributed by atoms with E-state index in [-0.39, 0.29) is 6.04 Å². The summed E-state index contributed by atoms with van der Waals surface area (Å²) in [5, 5.41) is 11.7. The van der Waals surface area contributed by atoms with Crippen molar-refractivity contribution in [1.29, 1.82) is 0 Å². The predicted molar refractivity (Wildman–Crippen MR) is 82.9 cm³/mol. The largest absolute Gasteiger partial charge is 0.480 e. The molecule has 0 bridgehead atoms. The van der Waals surface area contributed by atoms with Crippen LogP contribution in [0.3, 0.4) is 0 Å². The number of amides is 2. The van der Waals surface area contributed by atoms with Crippen LogP contribution < -0.4 is 5.32 Å². The fraction of sp³-hybridized carbons (Fsp3) is 0.846. The van der Waals surface area contributed by atoms with Gasteiger partial charge in [-0.2, -0.15) is 11.8 Å². The van der Waals surface area contributed by atoms with E-state index in [1.165, 1.54) is 4.90 Å². The zero-order valence-corrected chi connectivity index (χ0v) is 13.9. The van der Waals surface area contributed by atoms with Crippen molar-refractivity contribution in [3.63, 3.8) is 0 Å². The van der Waals surface area contributed by atoms with Gasteiger partial charge in [0.1, 0.15) is 6.04 Å². The number of hydrogen-bond donors (Lipinski definition) is 2. The smallest absolute Gasteiger partial charge is 0.326 e. The molecule has 0 saturated carbocycles. The number of ether oxygens (including phenoxy) is 2. The number of rotatable bonds is 11. The standard InChI is InChI=1S/C13H26N2O5S/c1-10(9-20-3)15(6-7-19-2)13(18)14-11(12(16)17)5-8-21-4/h10-11H,5-9H2,1-4H3,(H,14,18)(H,16,17). The van der Waals surface area contributed by atoms with Crippen LogP contribution in [0.4, 0.5) is 4.79 Å². The molecular weight excluding hydrogens is 296 g/mol. The van der Waals surface area contributed by atoms with Crippen LogP contribution >= 0.6 is 11.8 Å². The molecule has 0 aliphatic rings. The van der Waals surface area contributed by atoms with Gasteiger partial charge in [-0.15, -0.1) is 0 Å². The molecule has 2 N–H and O–H groups in total. The minimum absolute atomic E-state index is 0.167. The highest BCUT2D eigenvalue weighted by Gasteiger charge is 2.25. The summed E-state index contributed by atoms with van der Waals surface area (Å²) >= 11 is 1.54. The molecule has 0 heterocycles. The summed E-state index contributed by atoms with van der Waals surface area (Å²) in [6.07, 6.45) is 2.28. The molecule has 2 amide bonds. The first-order valence-electron chi connectivity index (χ1n) is 6.74. The number of carbonyl (C=O) groups is 2. The molecule has 2 atom stereocenters. The Hall–Kier alpha value is -0.990. The number of carbonyl (C=O) groups excluding carboxylic acids is 1. The molecule has 7 nitrogen and oxygen atoms in total. The van der Waals surface area contributed by atoms with Gasteiger partial charge in [0.05, 0.1) is 19.3 Å². The normalized spacial score (nSPS) is 13.5. The lowest BCUT2D eigenvalue weighted by molar-refractivity contribution is -0.139. The lowest BCUT2D eigenvalue weighted by Crippen LogP contribution is -2.52. The lowest BCUT2D eigenvalue weighted by atomic mass is 10.2. The average Bonchev–Trinajstić information content (AvgIpc) is 2.43. The van der Waals surface area contributed by atoms with Crippen LogP contribution in [-0.2, 0) is 14.3 Å². The minimum atomic E-state index is -1.02. The highest BCUT2D eigenvalue weighted by atomic mass is 32.2. The molecule has 0 fully saturated rings. The second-order valence-corrected chi connectivity index (χ2v) is 5.60. The maximum Gasteiger partial charge on any atom is 0.326 e. The Balaban J connectivity index is 4.70. The van der Waals surface area contributed by atoms with Gasteiger partial charge in [0.2, 0.25) is 0 Å². The van der Waals surface area contributed by atoms with E-state index in [9.17, 15) is 9.59 Å². The summed E-state index contributed by atoms with van der Waals surface area (Å²) < 4.78 is 10.0. The Labute approximate surface area is 130 Å². The Morgan fingerprint density at radius 3 is 2.48 bits per heavy atom. The van der Waals surface area contributed by atoms with Gasteiger partial charge in [-0.1, -0.05) is 0 Å². The van der Waals surface area contributed by atoms with Crippen LogP contribution in [0.25, 0.3) is 0 Å². The Bertz CT molecular complexity index is 317. The van der Waals surface area contributed by atoms with Crippen molar-refractivity contribution in [3.8, 4) is 0 Å². The summed E-state index contributed by atoms with van der Waals surface area (Å²) in [6.45, 7) is 2.97. The van der Waals surface area contributed by atoms with E-state index < -0.39 is 18.0 Å². The van der Waals surface area contributed by atoms with Gasteiger partial charge >= 0.3 is 12.0 Å². The molecule has 0 radical (unpaired) electrons. The molecule has 0 saturated heterocycles. The number of carboxylic acid groups (broad SMARTS) is 1. The molecule has 0 aromatic heterocycles. The van der Waals surface area contributed by atoms with E-state index >= 15 is 0 Å². The Kier molecular flexibility index (Phi) is 11.1. The fourth-order valence-corrected chi connectivity index (χ4v) is 2.24. The van der Waals surface area contributed by atoms with Crippen molar-refractivity contribution in [1.82, 2.24) is 10.2 Å². The van der Waals surface area contributed by atoms with Crippen LogP contribution in [0.15, 0.2) is 0 Å². The second kappa shape index (κ2) is 11.6. The van der Waals surface area contributed by atoms with Gasteiger partial charge in [0.15, 0.2) is 0 Å². The van der Waals surface area contributed by atoms with Crippen LogP contribution in [0.1, 0.15) is 13.3 Å². The summed E-state index contributed by atoms with van der Waals surface area (Å²) in [6, 6.07) is -1.46. The van der Waals surface area contributed by atoms with E-state index in [0.717, 1.165) is 0 Å². The van der Waals surface area contributed by atoms with Gasteiger partial charge in [-0.3, -0.25) is 0 Å². The first-order valence-corrected chi connectivity index (χ1v) is 8.14. The summed E-state index contributed by atoms with van der Waals surface area (Å²) in [5.74, 6) is -0.355. The van der Waals surface area contributed by atoms with Crippen molar-refractivity contribution < 1.29 is 24.2 Å². The van der Waals surface area contributed by atoms with E-state index in [1.54, 1.807) is 26.0 Å². The Morgan fingerprint density at radius 2 is 2.00 bits per heavy atom. The van der Waals surface area contributed by atoms with E-state index in [0.29, 0.717) is 31.9 Å². The predicted octanol–water partition coefficient (Wildman–Crippen LogP) is 0.886. The molecule has 0 aliphatic carbocycles. The van der Waals surface area contributed by atoms with Crippen molar-refractivity contribution >= 4 is 23.8 Å². The maximum atomic E-state index is 12.3. The molecule has 0 spiro atoms.